The summed E-state index contributed by atoms with van der Waals surface area (Å²) in [5, 5.41) is 2.32. The van der Waals surface area contributed by atoms with Crippen LogP contribution in [0.3, 0.4) is 0 Å². The van der Waals surface area contributed by atoms with Crippen LogP contribution in [0.2, 0.25) is 0 Å². The summed E-state index contributed by atoms with van der Waals surface area (Å²) in [5.41, 5.74) is 2.07. The summed E-state index contributed by atoms with van der Waals surface area (Å²) in [5.74, 6) is -0.257. The largest absolute Gasteiger partial charge is 0.445 e. The Hall–Kier alpha value is -3.76. The molecule has 2 saturated heterocycles. The number of aromatic nitrogens is 1. The van der Waals surface area contributed by atoms with E-state index in [1.807, 2.05) is 35.2 Å². The molecule has 0 saturated carbocycles. The average molecular weight is 534 g/mol. The van der Waals surface area contributed by atoms with Gasteiger partial charge in [0.15, 0.2) is 5.13 Å². The third kappa shape index (κ3) is 5.71. The summed E-state index contributed by atoms with van der Waals surface area (Å²) in [6.07, 6.45) is 2.39. The van der Waals surface area contributed by atoms with E-state index >= 15 is 0 Å². The van der Waals surface area contributed by atoms with Gasteiger partial charge in [-0.15, -0.1) is 11.3 Å². The van der Waals surface area contributed by atoms with Crippen LogP contribution >= 0.6 is 11.3 Å². The number of anilines is 2. The number of thiazole rings is 1. The number of piperazine rings is 1. The van der Waals surface area contributed by atoms with Crippen molar-refractivity contribution in [2.24, 2.45) is 0 Å². The smallest absolute Gasteiger partial charge is 0.410 e. The Kier molecular flexibility index (Phi) is 8.00. The van der Waals surface area contributed by atoms with Gasteiger partial charge in [0.25, 0.3) is 11.8 Å². The Bertz CT molecular complexity index is 1240. The van der Waals surface area contributed by atoms with Crippen molar-refractivity contribution < 1.29 is 19.1 Å². The molecule has 9 nitrogen and oxygen atoms in total. The molecule has 38 heavy (non-hydrogen) atoms. The van der Waals surface area contributed by atoms with Crippen molar-refractivity contribution in [1.29, 1.82) is 0 Å². The van der Waals surface area contributed by atoms with Crippen LogP contribution in [0.1, 0.15) is 28.8 Å². The second-order valence-electron chi connectivity index (χ2n) is 9.52. The maximum absolute atomic E-state index is 13.9. The van der Waals surface area contributed by atoms with Crippen molar-refractivity contribution in [3.8, 4) is 0 Å². The number of nitrogens with zero attached hydrogens (tertiary/aromatic N) is 5. The lowest BCUT2D eigenvalue weighted by Crippen LogP contribution is -2.47. The van der Waals surface area contributed by atoms with Gasteiger partial charge in [0, 0.05) is 49.9 Å². The molecule has 5 rings (SSSR count). The molecule has 1 aromatic heterocycles. The van der Waals surface area contributed by atoms with Gasteiger partial charge in [-0.2, -0.15) is 0 Å². The number of carbonyl (C=O) groups is 3. The van der Waals surface area contributed by atoms with Crippen molar-refractivity contribution in [2.75, 3.05) is 44.7 Å². The van der Waals surface area contributed by atoms with Gasteiger partial charge < -0.3 is 14.5 Å². The molecule has 3 aromatic rings. The molecule has 0 aliphatic carbocycles. The Labute approximate surface area is 226 Å². The highest BCUT2D eigenvalue weighted by molar-refractivity contribution is 7.13. The number of likely N-dealkylation sites (N-methyl/N-ethyl adjacent to an activating group) is 1. The fourth-order valence-corrected chi connectivity index (χ4v) is 5.46. The van der Waals surface area contributed by atoms with Gasteiger partial charge >= 0.3 is 6.09 Å². The van der Waals surface area contributed by atoms with Crippen LogP contribution in [-0.2, 0) is 16.1 Å². The fraction of sp³-hybridized carbons (Fsp3) is 0.357. The van der Waals surface area contributed by atoms with Gasteiger partial charge in [-0.1, -0.05) is 30.3 Å². The predicted octanol–water partition coefficient (Wildman–Crippen LogP) is 4.00. The molecule has 2 aromatic carbocycles. The molecule has 2 fully saturated rings. The highest BCUT2D eigenvalue weighted by Crippen LogP contribution is 2.32. The maximum Gasteiger partial charge on any atom is 0.410 e. The molecular weight excluding hydrogens is 502 g/mol. The summed E-state index contributed by atoms with van der Waals surface area (Å²) < 4.78 is 5.53. The number of hydrogen-bond acceptors (Lipinski definition) is 7. The average Bonchev–Trinajstić information content (AvgIpc) is 3.66. The number of likely N-dealkylation sites (tertiary alicyclic amines) is 1. The Morgan fingerprint density at radius 1 is 1.00 bits per heavy atom. The van der Waals surface area contributed by atoms with E-state index in [4.69, 9.17) is 4.74 Å². The van der Waals surface area contributed by atoms with E-state index in [0.29, 0.717) is 48.9 Å². The first-order valence-electron chi connectivity index (χ1n) is 12.8. The van der Waals surface area contributed by atoms with Gasteiger partial charge in [-0.05, 0) is 49.7 Å². The molecule has 2 aliphatic heterocycles. The molecule has 0 N–H and O–H groups in total. The zero-order valence-corrected chi connectivity index (χ0v) is 22.2. The molecular formula is C28H31N5O4S. The first-order valence-corrected chi connectivity index (χ1v) is 13.7. The number of ether oxygens (including phenoxy) is 1. The van der Waals surface area contributed by atoms with Crippen LogP contribution in [0.4, 0.5) is 15.6 Å². The van der Waals surface area contributed by atoms with Gasteiger partial charge in [0.05, 0.1) is 5.69 Å². The Balaban J connectivity index is 1.32. The fourth-order valence-electron chi connectivity index (χ4n) is 4.80. The summed E-state index contributed by atoms with van der Waals surface area (Å²) >= 11 is 1.34. The van der Waals surface area contributed by atoms with Crippen molar-refractivity contribution in [3.05, 3.63) is 77.3 Å². The van der Waals surface area contributed by atoms with E-state index in [1.165, 1.54) is 16.2 Å². The van der Waals surface area contributed by atoms with Crippen molar-refractivity contribution in [3.63, 3.8) is 0 Å². The zero-order valence-electron chi connectivity index (χ0n) is 21.4. The molecule has 3 amide bonds. The normalized spacial score (nSPS) is 17.9. The van der Waals surface area contributed by atoms with E-state index in [2.05, 4.69) is 16.9 Å². The van der Waals surface area contributed by atoms with E-state index < -0.39 is 12.1 Å². The molecule has 1 atom stereocenters. The standard InChI is InChI=1S/C28H31N5O4S/c1-30-15-17-31(18-16-30)25(34)22-9-11-23(12-10-22)33(27-29-13-19-38-27)26(35)24-8-5-14-32(24)28(36)37-20-21-6-3-2-4-7-21/h2-4,6-7,9-13,19,24H,5,8,14-18,20H2,1H3. The minimum absolute atomic E-state index is 0.0140. The van der Waals surface area contributed by atoms with Crippen LogP contribution in [0.15, 0.2) is 66.2 Å². The van der Waals surface area contributed by atoms with E-state index in [9.17, 15) is 14.4 Å². The van der Waals surface area contributed by atoms with Crippen LogP contribution in [0.25, 0.3) is 0 Å². The minimum Gasteiger partial charge on any atom is -0.445 e. The summed E-state index contributed by atoms with van der Waals surface area (Å²) in [4.78, 5) is 51.3. The number of benzene rings is 2. The lowest BCUT2D eigenvalue weighted by molar-refractivity contribution is -0.121. The molecule has 0 spiro atoms. The number of carbonyl (C=O) groups excluding carboxylic acids is 3. The van der Waals surface area contributed by atoms with Crippen LogP contribution in [0, 0.1) is 0 Å². The summed E-state index contributed by atoms with van der Waals surface area (Å²) in [6.45, 7) is 3.69. The van der Waals surface area contributed by atoms with E-state index in [0.717, 1.165) is 18.7 Å². The topological polar surface area (TPSA) is 86.3 Å². The van der Waals surface area contributed by atoms with E-state index in [-0.39, 0.29) is 18.4 Å². The first kappa shape index (κ1) is 25.9. The quantitative estimate of drug-likeness (QED) is 0.476. The third-order valence-corrected chi connectivity index (χ3v) is 7.73. The number of rotatable bonds is 6. The molecule has 2 aliphatic rings. The number of amides is 3. The molecule has 3 heterocycles. The number of hydrogen-bond donors (Lipinski definition) is 0. The van der Waals surface area contributed by atoms with Gasteiger partial charge in [-0.3, -0.25) is 19.4 Å². The Morgan fingerprint density at radius 3 is 2.42 bits per heavy atom. The van der Waals surface area contributed by atoms with Crippen LogP contribution in [-0.4, -0.2) is 83.4 Å². The third-order valence-electron chi connectivity index (χ3n) is 6.97. The molecule has 198 valence electrons. The minimum atomic E-state index is -0.658. The summed E-state index contributed by atoms with van der Waals surface area (Å²) in [7, 11) is 2.05. The monoisotopic (exact) mass is 533 g/mol. The molecule has 0 radical (unpaired) electrons. The van der Waals surface area contributed by atoms with Gasteiger partial charge in [0.2, 0.25) is 0 Å². The van der Waals surface area contributed by atoms with Crippen molar-refractivity contribution in [2.45, 2.75) is 25.5 Å². The Morgan fingerprint density at radius 2 is 1.74 bits per heavy atom. The molecule has 10 heteroatoms. The first-order chi connectivity index (χ1) is 18.5. The van der Waals surface area contributed by atoms with Crippen molar-refractivity contribution >= 4 is 40.1 Å². The van der Waals surface area contributed by atoms with Crippen LogP contribution in [0.5, 0.6) is 0 Å². The summed E-state index contributed by atoms with van der Waals surface area (Å²) in [6, 6.07) is 15.9. The predicted molar refractivity (Wildman–Crippen MR) is 145 cm³/mol. The second kappa shape index (κ2) is 11.7. The molecule has 0 bridgehead atoms. The zero-order chi connectivity index (χ0) is 26.5. The lowest BCUT2D eigenvalue weighted by Gasteiger charge is -2.32. The van der Waals surface area contributed by atoms with Crippen molar-refractivity contribution in [1.82, 2.24) is 19.7 Å². The molecule has 1 unspecified atom stereocenters. The lowest BCUT2D eigenvalue weighted by atomic mass is 10.1. The highest BCUT2D eigenvalue weighted by atomic mass is 32.1. The highest BCUT2D eigenvalue weighted by Gasteiger charge is 2.39. The second-order valence-corrected chi connectivity index (χ2v) is 10.4. The maximum atomic E-state index is 13.9. The van der Waals surface area contributed by atoms with Crippen LogP contribution < -0.4 is 4.90 Å². The van der Waals surface area contributed by atoms with Gasteiger partial charge in [0.1, 0.15) is 12.6 Å². The van der Waals surface area contributed by atoms with Gasteiger partial charge in [-0.25, -0.2) is 9.78 Å². The van der Waals surface area contributed by atoms with E-state index in [1.54, 1.807) is 40.7 Å². The SMILES string of the molecule is CN1CCN(C(=O)c2ccc(N(C(=O)C3CCCN3C(=O)OCc3ccccc3)c3nccs3)cc2)CC1.